The molecule has 0 unspecified atom stereocenters. The van der Waals surface area contributed by atoms with Crippen molar-refractivity contribution in [2.45, 2.75) is 0 Å². The van der Waals surface area contributed by atoms with Gasteiger partial charge in [-0.15, -0.1) is 11.3 Å². The number of halogens is 1. The Hall–Kier alpha value is -0.940. The van der Waals surface area contributed by atoms with Gasteiger partial charge in [-0.3, -0.25) is 9.48 Å². The lowest BCUT2D eigenvalue weighted by molar-refractivity contribution is 0.112. The monoisotopic (exact) mass is 270 g/mol. The highest BCUT2D eigenvalue weighted by atomic mass is 79.9. The van der Waals surface area contributed by atoms with Crippen LogP contribution in [0.15, 0.2) is 22.1 Å². The van der Waals surface area contributed by atoms with Gasteiger partial charge in [0.05, 0.1) is 21.2 Å². The van der Waals surface area contributed by atoms with Crippen molar-refractivity contribution in [2.75, 3.05) is 0 Å². The number of hydrogen-bond acceptors (Lipinski definition) is 3. The van der Waals surface area contributed by atoms with Crippen LogP contribution in [0.1, 0.15) is 9.67 Å². The van der Waals surface area contributed by atoms with Crippen LogP contribution in [-0.4, -0.2) is 16.1 Å². The van der Waals surface area contributed by atoms with Crippen LogP contribution in [0.5, 0.6) is 0 Å². The van der Waals surface area contributed by atoms with E-state index in [0.717, 1.165) is 26.9 Å². The van der Waals surface area contributed by atoms with Crippen molar-refractivity contribution in [2.24, 2.45) is 7.05 Å². The van der Waals surface area contributed by atoms with E-state index >= 15 is 0 Å². The smallest absolute Gasteiger partial charge is 0.160 e. The average Bonchev–Trinajstić information content (AvgIpc) is 2.73. The Bertz CT molecular complexity index is 455. The van der Waals surface area contributed by atoms with E-state index < -0.39 is 0 Å². The fraction of sp³-hybridized carbons (Fsp3) is 0.111. The second-order valence-corrected chi connectivity index (χ2v) is 4.62. The van der Waals surface area contributed by atoms with E-state index in [0.29, 0.717) is 0 Å². The first kappa shape index (κ1) is 9.61. The molecular formula is C9H7BrN2OS. The van der Waals surface area contributed by atoms with Crippen LogP contribution in [0.25, 0.3) is 11.3 Å². The predicted octanol–water partition coefficient (Wildman–Crippen LogP) is 2.72. The summed E-state index contributed by atoms with van der Waals surface area (Å²) in [4.78, 5) is 11.3. The molecule has 2 heterocycles. The van der Waals surface area contributed by atoms with Gasteiger partial charge in [-0.1, -0.05) is 0 Å². The average molecular weight is 271 g/mol. The summed E-state index contributed by atoms with van der Waals surface area (Å²) < 4.78 is 2.72. The molecule has 72 valence electrons. The molecule has 0 aromatic carbocycles. The summed E-state index contributed by atoms with van der Waals surface area (Å²) in [5.41, 5.74) is 2.01. The minimum atomic E-state index is 0.730. The molecule has 0 aliphatic rings. The van der Waals surface area contributed by atoms with Crippen molar-refractivity contribution >= 4 is 33.6 Å². The van der Waals surface area contributed by atoms with Crippen molar-refractivity contribution in [1.29, 1.82) is 0 Å². The molecule has 14 heavy (non-hydrogen) atoms. The van der Waals surface area contributed by atoms with Crippen molar-refractivity contribution in [3.63, 3.8) is 0 Å². The van der Waals surface area contributed by atoms with Crippen LogP contribution in [0.4, 0.5) is 0 Å². The van der Waals surface area contributed by atoms with Crippen LogP contribution < -0.4 is 0 Å². The summed E-state index contributed by atoms with van der Waals surface area (Å²) >= 11 is 4.85. The number of aryl methyl sites for hydroxylation is 1. The first-order chi connectivity index (χ1) is 6.72. The fourth-order valence-electron chi connectivity index (χ4n) is 1.27. The first-order valence-corrected chi connectivity index (χ1v) is 5.61. The normalized spacial score (nSPS) is 10.4. The third-order valence-corrected chi connectivity index (χ3v) is 3.34. The van der Waals surface area contributed by atoms with E-state index in [-0.39, 0.29) is 0 Å². The molecule has 0 fully saturated rings. The lowest BCUT2D eigenvalue weighted by Crippen LogP contribution is -1.92. The standard InChI is InChI=1S/C9H7BrN2OS/c1-12-9(8(10)3-11-12)6-2-7(4-13)14-5-6/h2-5H,1H3. The van der Waals surface area contributed by atoms with Gasteiger partial charge in [0.25, 0.3) is 0 Å². The highest BCUT2D eigenvalue weighted by molar-refractivity contribution is 9.10. The molecule has 0 atom stereocenters. The Kier molecular flexibility index (Phi) is 2.52. The number of thiophene rings is 1. The van der Waals surface area contributed by atoms with Gasteiger partial charge in [0.2, 0.25) is 0 Å². The lowest BCUT2D eigenvalue weighted by Gasteiger charge is -1.98. The van der Waals surface area contributed by atoms with E-state index in [9.17, 15) is 4.79 Å². The molecule has 5 heteroatoms. The quantitative estimate of drug-likeness (QED) is 0.787. The van der Waals surface area contributed by atoms with E-state index in [4.69, 9.17) is 0 Å². The van der Waals surface area contributed by atoms with Crippen LogP contribution in [0, 0.1) is 0 Å². The summed E-state index contributed by atoms with van der Waals surface area (Å²) in [7, 11) is 1.87. The van der Waals surface area contributed by atoms with Gasteiger partial charge in [0.15, 0.2) is 6.29 Å². The molecule has 0 bridgehead atoms. The third-order valence-electron chi connectivity index (χ3n) is 1.90. The van der Waals surface area contributed by atoms with E-state index in [1.54, 1.807) is 10.9 Å². The zero-order chi connectivity index (χ0) is 10.1. The van der Waals surface area contributed by atoms with Crippen molar-refractivity contribution in [3.8, 4) is 11.3 Å². The van der Waals surface area contributed by atoms with Crippen LogP contribution in [0.2, 0.25) is 0 Å². The number of carbonyl (C=O) groups is 1. The molecule has 0 saturated heterocycles. The van der Waals surface area contributed by atoms with Gasteiger partial charge >= 0.3 is 0 Å². The number of aromatic nitrogens is 2. The molecule has 2 rings (SSSR count). The minimum Gasteiger partial charge on any atom is -0.297 e. The van der Waals surface area contributed by atoms with E-state index in [2.05, 4.69) is 21.0 Å². The number of aldehydes is 1. The van der Waals surface area contributed by atoms with E-state index in [1.165, 1.54) is 11.3 Å². The summed E-state index contributed by atoms with van der Waals surface area (Å²) in [6.07, 6.45) is 2.60. The summed E-state index contributed by atoms with van der Waals surface area (Å²) in [5, 5.41) is 6.06. The third kappa shape index (κ3) is 1.53. The summed E-state index contributed by atoms with van der Waals surface area (Å²) in [5.74, 6) is 0. The molecule has 0 aliphatic heterocycles. The predicted molar refractivity (Wildman–Crippen MR) is 59.6 cm³/mol. The van der Waals surface area contributed by atoms with Gasteiger partial charge in [0, 0.05) is 18.0 Å². The Labute approximate surface area is 93.5 Å². The van der Waals surface area contributed by atoms with Crippen molar-refractivity contribution in [1.82, 2.24) is 9.78 Å². The molecule has 0 amide bonds. The van der Waals surface area contributed by atoms with Gasteiger partial charge in [-0.05, 0) is 22.0 Å². The van der Waals surface area contributed by atoms with Gasteiger partial charge in [-0.25, -0.2) is 0 Å². The maximum atomic E-state index is 10.5. The molecule has 0 N–H and O–H groups in total. The van der Waals surface area contributed by atoms with Gasteiger partial charge < -0.3 is 0 Å². The Morgan fingerprint density at radius 1 is 1.64 bits per heavy atom. The Morgan fingerprint density at radius 2 is 2.43 bits per heavy atom. The molecule has 0 spiro atoms. The highest BCUT2D eigenvalue weighted by Crippen LogP contribution is 2.30. The second kappa shape index (κ2) is 3.67. The molecule has 0 radical (unpaired) electrons. The van der Waals surface area contributed by atoms with Crippen LogP contribution >= 0.6 is 27.3 Å². The Balaban J connectivity index is 2.53. The number of hydrogen-bond donors (Lipinski definition) is 0. The lowest BCUT2D eigenvalue weighted by atomic mass is 10.2. The second-order valence-electron chi connectivity index (χ2n) is 2.82. The number of nitrogens with zero attached hydrogens (tertiary/aromatic N) is 2. The van der Waals surface area contributed by atoms with Gasteiger partial charge in [0.1, 0.15) is 0 Å². The SMILES string of the molecule is Cn1ncc(Br)c1-c1csc(C=O)c1. The molecule has 2 aromatic heterocycles. The fourth-order valence-corrected chi connectivity index (χ4v) is 2.54. The molecule has 3 nitrogen and oxygen atoms in total. The van der Waals surface area contributed by atoms with Crippen LogP contribution in [-0.2, 0) is 7.05 Å². The van der Waals surface area contributed by atoms with Gasteiger partial charge in [-0.2, -0.15) is 5.10 Å². The summed E-state index contributed by atoms with van der Waals surface area (Å²) in [6.45, 7) is 0. The van der Waals surface area contributed by atoms with Crippen molar-refractivity contribution in [3.05, 3.63) is 27.0 Å². The molecule has 0 aliphatic carbocycles. The first-order valence-electron chi connectivity index (χ1n) is 3.94. The summed E-state index contributed by atoms with van der Waals surface area (Å²) in [6, 6.07) is 1.86. The zero-order valence-electron chi connectivity index (χ0n) is 7.40. The number of carbonyl (C=O) groups excluding carboxylic acids is 1. The minimum absolute atomic E-state index is 0.730. The largest absolute Gasteiger partial charge is 0.297 e. The maximum absolute atomic E-state index is 10.5. The topological polar surface area (TPSA) is 34.9 Å². The van der Waals surface area contributed by atoms with Crippen molar-refractivity contribution < 1.29 is 4.79 Å². The molecule has 2 aromatic rings. The molecular weight excluding hydrogens is 264 g/mol. The van der Waals surface area contributed by atoms with E-state index in [1.807, 2.05) is 18.5 Å². The zero-order valence-corrected chi connectivity index (χ0v) is 9.80. The number of rotatable bonds is 2. The Morgan fingerprint density at radius 3 is 2.93 bits per heavy atom. The highest BCUT2D eigenvalue weighted by Gasteiger charge is 2.10. The van der Waals surface area contributed by atoms with Crippen LogP contribution in [0.3, 0.4) is 0 Å². The maximum Gasteiger partial charge on any atom is 0.160 e. The molecule has 0 saturated carbocycles.